The monoisotopic (exact) mass is 292 g/mol. The molecule has 0 fully saturated rings. The van der Waals surface area contributed by atoms with E-state index in [1.807, 2.05) is 53.1 Å². The highest BCUT2D eigenvalue weighted by atomic mass is 16.5. The third-order valence-corrected chi connectivity index (χ3v) is 3.19. The zero-order valence-electron chi connectivity index (χ0n) is 13.9. The highest BCUT2D eigenvalue weighted by Gasteiger charge is 2.11. The second-order valence-corrected chi connectivity index (χ2v) is 5.04. The lowest BCUT2D eigenvalue weighted by Gasteiger charge is -2.11. The van der Waals surface area contributed by atoms with Gasteiger partial charge in [-0.15, -0.1) is 0 Å². The van der Waals surface area contributed by atoms with Gasteiger partial charge < -0.3 is 14.6 Å². The molecule has 0 radical (unpaired) electrons. The number of nitrogens with one attached hydrogen (secondary N) is 1. The molecule has 4 heteroatoms. The predicted molar refractivity (Wildman–Crippen MR) is 90.6 cm³/mol. The molecule has 0 aliphatic carbocycles. The summed E-state index contributed by atoms with van der Waals surface area (Å²) in [6.07, 6.45) is 0. The lowest BCUT2D eigenvalue weighted by molar-refractivity contribution is 0.101. The number of carbonyl (C=O) groups is 1. The molecule has 0 amide bonds. The molecule has 1 N–H and O–H groups in total. The molecule has 0 aliphatic heterocycles. The standard InChI is InChI=1S/C15H20N2O2.C2H6.H2/c1-10-13-9-12(19-8-7-17(3)4)5-6-14(13)16-15(10)11(2)18;1-2;/h5-6,9,16H,7-8H2,1-4H3;1-2H3;1H. The number of hydrogen-bond acceptors (Lipinski definition) is 3. The Labute approximate surface area is 128 Å². The smallest absolute Gasteiger partial charge is 0.176 e. The number of benzene rings is 1. The van der Waals surface area contributed by atoms with Crippen LogP contribution in [0, 0.1) is 6.92 Å². The molecule has 0 bridgehead atoms. The molecule has 21 heavy (non-hydrogen) atoms. The van der Waals surface area contributed by atoms with Gasteiger partial charge in [0.2, 0.25) is 0 Å². The summed E-state index contributed by atoms with van der Waals surface area (Å²) in [6, 6.07) is 5.88. The summed E-state index contributed by atoms with van der Waals surface area (Å²) < 4.78 is 5.71. The highest BCUT2D eigenvalue weighted by Crippen LogP contribution is 2.26. The van der Waals surface area contributed by atoms with E-state index in [-0.39, 0.29) is 7.21 Å². The molecule has 118 valence electrons. The molecular weight excluding hydrogens is 264 g/mol. The van der Waals surface area contributed by atoms with E-state index < -0.39 is 0 Å². The van der Waals surface area contributed by atoms with Crippen LogP contribution in [-0.2, 0) is 0 Å². The van der Waals surface area contributed by atoms with Gasteiger partial charge in [0, 0.05) is 25.8 Å². The number of nitrogens with zero attached hydrogens (tertiary/aromatic N) is 1. The van der Waals surface area contributed by atoms with Crippen molar-refractivity contribution in [2.45, 2.75) is 27.7 Å². The number of H-pyrrole nitrogens is 1. The molecule has 4 nitrogen and oxygen atoms in total. The number of hydrogen-bond donors (Lipinski definition) is 1. The molecule has 0 saturated heterocycles. The van der Waals surface area contributed by atoms with Gasteiger partial charge in [-0.3, -0.25) is 4.79 Å². The summed E-state index contributed by atoms with van der Waals surface area (Å²) in [5, 5.41) is 1.05. The lowest BCUT2D eigenvalue weighted by Crippen LogP contribution is -2.19. The Morgan fingerprint density at radius 3 is 2.57 bits per heavy atom. The Balaban J connectivity index is 0.00000141. The molecule has 1 heterocycles. The fraction of sp³-hybridized carbons (Fsp3) is 0.471. The Hall–Kier alpha value is -1.81. The molecule has 1 aromatic carbocycles. The first-order valence-electron chi connectivity index (χ1n) is 7.40. The van der Waals surface area contributed by atoms with Crippen LogP contribution in [0.1, 0.15) is 38.2 Å². The minimum Gasteiger partial charge on any atom is -0.492 e. The average molecular weight is 292 g/mol. The van der Waals surface area contributed by atoms with E-state index in [0.717, 1.165) is 28.8 Å². The Bertz CT molecular complexity index is 606. The molecule has 2 aromatic rings. The minimum absolute atomic E-state index is 0. The van der Waals surface area contributed by atoms with E-state index in [2.05, 4.69) is 9.88 Å². The van der Waals surface area contributed by atoms with Crippen LogP contribution in [0.3, 0.4) is 0 Å². The molecule has 0 aliphatic rings. The summed E-state index contributed by atoms with van der Waals surface area (Å²) in [5.41, 5.74) is 2.64. The third kappa shape index (κ3) is 4.33. The van der Waals surface area contributed by atoms with Crippen molar-refractivity contribution in [1.29, 1.82) is 0 Å². The molecule has 0 atom stereocenters. The molecule has 0 saturated carbocycles. The van der Waals surface area contributed by atoms with Crippen molar-refractivity contribution in [3.63, 3.8) is 0 Å². The van der Waals surface area contributed by atoms with E-state index in [4.69, 9.17) is 4.74 Å². The lowest BCUT2D eigenvalue weighted by atomic mass is 10.1. The number of aromatic amines is 1. The van der Waals surface area contributed by atoms with Crippen LogP contribution in [0.25, 0.3) is 10.9 Å². The Morgan fingerprint density at radius 1 is 1.33 bits per heavy atom. The second-order valence-electron chi connectivity index (χ2n) is 5.04. The zero-order valence-corrected chi connectivity index (χ0v) is 13.9. The first-order chi connectivity index (χ1) is 9.99. The summed E-state index contributed by atoms with van der Waals surface area (Å²) >= 11 is 0. The quantitative estimate of drug-likeness (QED) is 0.850. The van der Waals surface area contributed by atoms with Gasteiger partial charge in [-0.2, -0.15) is 0 Å². The van der Waals surface area contributed by atoms with Crippen LogP contribution >= 0.6 is 0 Å². The van der Waals surface area contributed by atoms with Crippen LogP contribution < -0.4 is 4.74 Å². The normalized spacial score (nSPS) is 10.4. The second kappa shape index (κ2) is 7.84. The fourth-order valence-electron chi connectivity index (χ4n) is 2.09. The van der Waals surface area contributed by atoms with Gasteiger partial charge in [0.1, 0.15) is 12.4 Å². The average Bonchev–Trinajstić information content (AvgIpc) is 2.78. The van der Waals surface area contributed by atoms with Crippen LogP contribution in [-0.4, -0.2) is 42.9 Å². The summed E-state index contributed by atoms with van der Waals surface area (Å²) in [4.78, 5) is 16.7. The predicted octanol–water partition coefficient (Wildman–Crippen LogP) is 3.89. The minimum atomic E-state index is 0. The number of ether oxygens (including phenoxy) is 1. The maximum atomic E-state index is 11.5. The Morgan fingerprint density at radius 2 is 2.00 bits per heavy atom. The number of rotatable bonds is 5. The van der Waals surface area contributed by atoms with Crippen molar-refractivity contribution < 1.29 is 11.0 Å². The summed E-state index contributed by atoms with van der Waals surface area (Å²) in [6.45, 7) is 9.07. The number of fused-ring (bicyclic) bond motifs is 1. The Kier molecular flexibility index (Phi) is 6.43. The van der Waals surface area contributed by atoms with E-state index in [0.29, 0.717) is 12.3 Å². The van der Waals surface area contributed by atoms with E-state index in [9.17, 15) is 4.79 Å². The van der Waals surface area contributed by atoms with Gasteiger partial charge >= 0.3 is 0 Å². The largest absolute Gasteiger partial charge is 0.492 e. The maximum absolute atomic E-state index is 11.5. The van der Waals surface area contributed by atoms with Crippen LogP contribution in [0.2, 0.25) is 0 Å². The SMILES string of the molecule is CC.CC(=O)c1[nH]c2ccc(OCCN(C)C)cc2c1C.[HH]. The van der Waals surface area contributed by atoms with Crippen molar-refractivity contribution in [2.75, 3.05) is 27.2 Å². The van der Waals surface area contributed by atoms with Crippen LogP contribution in [0.5, 0.6) is 5.75 Å². The topological polar surface area (TPSA) is 45.3 Å². The van der Waals surface area contributed by atoms with E-state index in [1.165, 1.54) is 0 Å². The summed E-state index contributed by atoms with van der Waals surface area (Å²) in [7, 11) is 4.03. The van der Waals surface area contributed by atoms with Crippen LogP contribution in [0.4, 0.5) is 0 Å². The van der Waals surface area contributed by atoms with Gasteiger partial charge in [-0.05, 0) is 44.8 Å². The van der Waals surface area contributed by atoms with Crippen molar-refractivity contribution >= 4 is 16.7 Å². The number of likely N-dealkylation sites (N-methyl/N-ethyl adjacent to an activating group) is 1. The van der Waals surface area contributed by atoms with Gasteiger partial charge in [0.05, 0.1) is 5.69 Å². The molecule has 0 spiro atoms. The first kappa shape index (κ1) is 17.2. The van der Waals surface area contributed by atoms with Gasteiger partial charge in [-0.1, -0.05) is 13.8 Å². The van der Waals surface area contributed by atoms with E-state index >= 15 is 0 Å². The molecule has 1 aromatic heterocycles. The third-order valence-electron chi connectivity index (χ3n) is 3.19. The fourth-order valence-corrected chi connectivity index (χ4v) is 2.09. The number of aryl methyl sites for hydroxylation is 1. The first-order valence-corrected chi connectivity index (χ1v) is 7.40. The van der Waals surface area contributed by atoms with Crippen molar-refractivity contribution in [3.05, 3.63) is 29.5 Å². The van der Waals surface area contributed by atoms with Crippen LogP contribution in [0.15, 0.2) is 18.2 Å². The highest BCUT2D eigenvalue weighted by molar-refractivity contribution is 6.01. The number of carbonyl (C=O) groups excluding carboxylic acids is 1. The van der Waals surface area contributed by atoms with Crippen molar-refractivity contribution in [2.24, 2.45) is 0 Å². The van der Waals surface area contributed by atoms with Crippen molar-refractivity contribution in [3.8, 4) is 5.75 Å². The number of ketones is 1. The number of Topliss-reactive ketones (excluding diaryl/α,β-unsaturated/α-hetero) is 1. The van der Waals surface area contributed by atoms with Gasteiger partial charge in [-0.25, -0.2) is 0 Å². The molecule has 0 unspecified atom stereocenters. The van der Waals surface area contributed by atoms with E-state index in [1.54, 1.807) is 6.92 Å². The van der Waals surface area contributed by atoms with Crippen molar-refractivity contribution in [1.82, 2.24) is 9.88 Å². The number of aromatic nitrogens is 1. The summed E-state index contributed by atoms with van der Waals surface area (Å²) in [5.74, 6) is 0.898. The molecule has 2 rings (SSSR count). The van der Waals surface area contributed by atoms with Gasteiger partial charge in [0.25, 0.3) is 0 Å². The maximum Gasteiger partial charge on any atom is 0.176 e. The van der Waals surface area contributed by atoms with Gasteiger partial charge in [0.15, 0.2) is 5.78 Å². The molecular formula is C17H28N2O2. The zero-order chi connectivity index (χ0) is 16.0.